The van der Waals surface area contributed by atoms with Crippen molar-refractivity contribution in [1.82, 2.24) is 0 Å². The van der Waals surface area contributed by atoms with Crippen molar-refractivity contribution in [2.75, 3.05) is 7.11 Å². The van der Waals surface area contributed by atoms with Crippen molar-refractivity contribution < 1.29 is 9.84 Å². The van der Waals surface area contributed by atoms with Crippen LogP contribution in [-0.2, 0) is 0 Å². The Balaban J connectivity index is 2.21. The van der Waals surface area contributed by atoms with Crippen molar-refractivity contribution in [2.24, 2.45) is 0 Å². The van der Waals surface area contributed by atoms with E-state index in [2.05, 4.69) is 6.07 Å². The van der Waals surface area contributed by atoms with E-state index in [1.165, 1.54) is 0 Å². The minimum atomic E-state index is 0.281. The number of aryl methyl sites for hydroxylation is 1. The first kappa shape index (κ1) is 12.2. The quantitative estimate of drug-likeness (QED) is 0.825. The van der Waals surface area contributed by atoms with Crippen LogP contribution in [0.4, 0.5) is 0 Å². The van der Waals surface area contributed by atoms with Crippen LogP contribution in [0.3, 0.4) is 0 Å². The zero-order valence-electron chi connectivity index (χ0n) is 10.6. The first-order valence-corrected chi connectivity index (χ1v) is 5.81. The van der Waals surface area contributed by atoms with E-state index in [1.807, 2.05) is 43.3 Å². The van der Waals surface area contributed by atoms with Crippen LogP contribution in [0.5, 0.6) is 11.5 Å². The number of benzene rings is 2. The molecule has 0 saturated heterocycles. The van der Waals surface area contributed by atoms with Gasteiger partial charge in [-0.2, -0.15) is 0 Å². The summed E-state index contributed by atoms with van der Waals surface area (Å²) in [4.78, 5) is 0. The Hall–Kier alpha value is -2.22. The number of ether oxygens (including phenoxy) is 1. The van der Waals surface area contributed by atoms with Gasteiger partial charge in [0.15, 0.2) is 0 Å². The summed E-state index contributed by atoms with van der Waals surface area (Å²) in [6.07, 6.45) is 3.99. The summed E-state index contributed by atoms with van der Waals surface area (Å²) in [5.41, 5.74) is 3.19. The van der Waals surface area contributed by atoms with Gasteiger partial charge in [0.25, 0.3) is 0 Å². The maximum absolute atomic E-state index is 9.37. The molecule has 0 aliphatic rings. The van der Waals surface area contributed by atoms with E-state index in [0.717, 1.165) is 22.4 Å². The van der Waals surface area contributed by atoms with Crippen LogP contribution in [0.25, 0.3) is 12.2 Å². The maximum Gasteiger partial charge on any atom is 0.121 e. The molecular weight excluding hydrogens is 224 g/mol. The number of hydrogen-bond donors (Lipinski definition) is 1. The average Bonchev–Trinajstić information content (AvgIpc) is 2.37. The molecule has 0 aliphatic heterocycles. The molecule has 18 heavy (non-hydrogen) atoms. The van der Waals surface area contributed by atoms with E-state index in [1.54, 1.807) is 19.2 Å². The lowest BCUT2D eigenvalue weighted by atomic mass is 10.1. The van der Waals surface area contributed by atoms with Crippen molar-refractivity contribution >= 4 is 12.2 Å². The smallest absolute Gasteiger partial charge is 0.121 e. The summed E-state index contributed by atoms with van der Waals surface area (Å²) in [5.74, 6) is 1.17. The normalized spacial score (nSPS) is 10.8. The molecule has 0 aliphatic carbocycles. The van der Waals surface area contributed by atoms with E-state index in [0.29, 0.717) is 0 Å². The zero-order chi connectivity index (χ0) is 13.0. The van der Waals surface area contributed by atoms with Crippen LogP contribution in [0.15, 0.2) is 42.5 Å². The Kier molecular flexibility index (Phi) is 3.68. The molecule has 0 atom stereocenters. The molecule has 0 aromatic heterocycles. The monoisotopic (exact) mass is 240 g/mol. The largest absolute Gasteiger partial charge is 0.508 e. The Bertz CT molecular complexity index is 571. The third-order valence-electron chi connectivity index (χ3n) is 2.76. The fraction of sp³-hybridized carbons (Fsp3) is 0.125. The molecule has 0 radical (unpaired) electrons. The van der Waals surface area contributed by atoms with Crippen molar-refractivity contribution in [2.45, 2.75) is 6.92 Å². The summed E-state index contributed by atoms with van der Waals surface area (Å²) in [7, 11) is 1.67. The van der Waals surface area contributed by atoms with Crippen LogP contribution in [-0.4, -0.2) is 12.2 Å². The fourth-order valence-corrected chi connectivity index (χ4v) is 1.83. The van der Waals surface area contributed by atoms with E-state index in [4.69, 9.17) is 4.74 Å². The molecule has 2 aromatic carbocycles. The van der Waals surface area contributed by atoms with E-state index >= 15 is 0 Å². The Morgan fingerprint density at radius 1 is 1.00 bits per heavy atom. The van der Waals surface area contributed by atoms with Gasteiger partial charge < -0.3 is 9.84 Å². The van der Waals surface area contributed by atoms with Crippen molar-refractivity contribution in [3.8, 4) is 11.5 Å². The maximum atomic E-state index is 9.37. The third-order valence-corrected chi connectivity index (χ3v) is 2.76. The minimum Gasteiger partial charge on any atom is -0.508 e. The second-order valence-electron chi connectivity index (χ2n) is 4.16. The molecule has 0 spiro atoms. The molecule has 0 saturated carbocycles. The Labute approximate surface area is 107 Å². The van der Waals surface area contributed by atoms with E-state index in [-0.39, 0.29) is 5.75 Å². The molecular formula is C16H16O2. The number of phenols is 1. The Morgan fingerprint density at radius 2 is 1.72 bits per heavy atom. The predicted molar refractivity (Wildman–Crippen MR) is 74.8 cm³/mol. The van der Waals surface area contributed by atoms with Gasteiger partial charge in [-0.05, 0) is 47.9 Å². The standard InChI is InChI=1S/C16H16O2/c1-12-10-14(8-9-16(12)18-2)7-6-13-4-3-5-15(17)11-13/h3-11,17H,1-2H3. The van der Waals surface area contributed by atoms with Gasteiger partial charge in [-0.1, -0.05) is 30.4 Å². The van der Waals surface area contributed by atoms with Crippen LogP contribution < -0.4 is 4.74 Å². The molecule has 0 unspecified atom stereocenters. The van der Waals surface area contributed by atoms with Gasteiger partial charge in [-0.3, -0.25) is 0 Å². The number of phenolic OH excluding ortho intramolecular Hbond substituents is 1. The summed E-state index contributed by atoms with van der Waals surface area (Å²) >= 11 is 0. The zero-order valence-corrected chi connectivity index (χ0v) is 10.6. The molecule has 0 amide bonds. The van der Waals surface area contributed by atoms with Crippen LogP contribution in [0, 0.1) is 6.92 Å². The van der Waals surface area contributed by atoms with Gasteiger partial charge in [0.05, 0.1) is 7.11 Å². The lowest BCUT2D eigenvalue weighted by Crippen LogP contribution is -1.86. The molecule has 2 nitrogen and oxygen atoms in total. The predicted octanol–water partition coefficient (Wildman–Crippen LogP) is 3.88. The van der Waals surface area contributed by atoms with E-state index < -0.39 is 0 Å². The molecule has 0 heterocycles. The molecule has 92 valence electrons. The SMILES string of the molecule is COc1ccc(C=Cc2cccc(O)c2)cc1C. The topological polar surface area (TPSA) is 29.5 Å². The third kappa shape index (κ3) is 2.92. The average molecular weight is 240 g/mol. The molecule has 1 N–H and O–H groups in total. The second kappa shape index (κ2) is 5.41. The summed E-state index contributed by atoms with van der Waals surface area (Å²) in [6.45, 7) is 2.02. The lowest BCUT2D eigenvalue weighted by molar-refractivity contribution is 0.411. The summed E-state index contributed by atoms with van der Waals surface area (Å²) < 4.78 is 5.22. The number of aromatic hydroxyl groups is 1. The van der Waals surface area contributed by atoms with Crippen LogP contribution in [0.2, 0.25) is 0 Å². The first-order valence-electron chi connectivity index (χ1n) is 5.81. The van der Waals surface area contributed by atoms with Gasteiger partial charge in [0.2, 0.25) is 0 Å². The first-order chi connectivity index (χ1) is 8.69. The second-order valence-corrected chi connectivity index (χ2v) is 4.16. The number of hydrogen-bond acceptors (Lipinski definition) is 2. The highest BCUT2D eigenvalue weighted by molar-refractivity contribution is 5.70. The molecule has 2 aromatic rings. The summed E-state index contributed by atoms with van der Waals surface area (Å²) in [6, 6.07) is 13.2. The van der Waals surface area contributed by atoms with E-state index in [9.17, 15) is 5.11 Å². The lowest BCUT2D eigenvalue weighted by Gasteiger charge is -2.04. The van der Waals surface area contributed by atoms with Gasteiger partial charge in [0, 0.05) is 0 Å². The molecule has 2 heteroatoms. The Morgan fingerprint density at radius 3 is 2.33 bits per heavy atom. The number of methoxy groups -OCH3 is 1. The summed E-state index contributed by atoms with van der Waals surface area (Å²) in [5, 5.41) is 9.37. The van der Waals surface area contributed by atoms with Crippen molar-refractivity contribution in [3.63, 3.8) is 0 Å². The minimum absolute atomic E-state index is 0.281. The van der Waals surface area contributed by atoms with Gasteiger partial charge >= 0.3 is 0 Å². The molecule has 0 bridgehead atoms. The number of rotatable bonds is 3. The van der Waals surface area contributed by atoms with Gasteiger partial charge in [-0.25, -0.2) is 0 Å². The highest BCUT2D eigenvalue weighted by Gasteiger charge is 1.97. The van der Waals surface area contributed by atoms with Crippen molar-refractivity contribution in [3.05, 3.63) is 59.2 Å². The molecule has 0 fully saturated rings. The van der Waals surface area contributed by atoms with Gasteiger partial charge in [0.1, 0.15) is 11.5 Å². The van der Waals surface area contributed by atoms with Crippen molar-refractivity contribution in [1.29, 1.82) is 0 Å². The highest BCUT2D eigenvalue weighted by Crippen LogP contribution is 2.20. The van der Waals surface area contributed by atoms with Gasteiger partial charge in [-0.15, -0.1) is 0 Å². The molecule has 2 rings (SSSR count). The fourth-order valence-electron chi connectivity index (χ4n) is 1.83. The highest BCUT2D eigenvalue weighted by atomic mass is 16.5. The van der Waals surface area contributed by atoms with Crippen LogP contribution in [0.1, 0.15) is 16.7 Å². The van der Waals surface area contributed by atoms with Crippen LogP contribution >= 0.6 is 0 Å².